The summed E-state index contributed by atoms with van der Waals surface area (Å²) in [4.78, 5) is 4.39. The van der Waals surface area contributed by atoms with E-state index in [0.29, 0.717) is 13.2 Å². The number of aromatic nitrogens is 3. The summed E-state index contributed by atoms with van der Waals surface area (Å²) in [5, 5.41) is 4.45. The molecule has 6 heteroatoms. The van der Waals surface area contributed by atoms with Gasteiger partial charge in [-0.15, -0.1) is 0 Å². The number of ether oxygens (including phenoxy) is 1. The number of hydrogen-bond acceptors (Lipinski definition) is 4. The average molecular weight is 339 g/mol. The predicted molar refractivity (Wildman–Crippen MR) is 81.5 cm³/mol. The number of nitrogens with zero attached hydrogens (tertiary/aromatic N) is 3. The molecule has 2 heterocycles. The summed E-state index contributed by atoms with van der Waals surface area (Å²) < 4.78 is 8.80. The molecule has 0 unspecified atom stereocenters. The molecule has 2 aromatic heterocycles. The van der Waals surface area contributed by atoms with E-state index in [9.17, 15) is 0 Å². The third-order valence-electron chi connectivity index (χ3n) is 3.08. The van der Waals surface area contributed by atoms with E-state index >= 15 is 0 Å². The summed E-state index contributed by atoms with van der Waals surface area (Å²) in [5.74, 6) is 0.728. The highest BCUT2D eigenvalue weighted by Crippen LogP contribution is 2.24. The molecule has 2 aromatic rings. The molecular weight excluding hydrogens is 320 g/mol. The van der Waals surface area contributed by atoms with Crippen LogP contribution in [0.4, 0.5) is 0 Å². The molecule has 108 valence electrons. The SMILES string of the molecule is CCn1nc(C)c(Br)c1COc1ccc(C)nc1CN. The highest BCUT2D eigenvalue weighted by molar-refractivity contribution is 9.10. The Morgan fingerprint density at radius 1 is 1.35 bits per heavy atom. The van der Waals surface area contributed by atoms with Gasteiger partial charge >= 0.3 is 0 Å². The van der Waals surface area contributed by atoms with Gasteiger partial charge in [0.25, 0.3) is 0 Å². The second kappa shape index (κ2) is 6.37. The van der Waals surface area contributed by atoms with Crippen molar-refractivity contribution in [2.75, 3.05) is 0 Å². The zero-order valence-corrected chi connectivity index (χ0v) is 13.6. The minimum Gasteiger partial charge on any atom is -0.485 e. The maximum atomic E-state index is 5.87. The molecule has 0 spiro atoms. The molecule has 20 heavy (non-hydrogen) atoms. The largest absolute Gasteiger partial charge is 0.485 e. The molecule has 2 rings (SSSR count). The standard InChI is InChI=1S/C14H19BrN4O/c1-4-19-12(14(15)10(3)18-19)8-20-13-6-5-9(2)17-11(13)7-16/h5-6H,4,7-8,16H2,1-3H3. The molecule has 0 aliphatic heterocycles. The molecule has 0 amide bonds. The van der Waals surface area contributed by atoms with Crippen LogP contribution >= 0.6 is 15.9 Å². The van der Waals surface area contributed by atoms with Crippen LogP contribution in [0.15, 0.2) is 16.6 Å². The van der Waals surface area contributed by atoms with Crippen LogP contribution in [0.1, 0.15) is 29.7 Å². The lowest BCUT2D eigenvalue weighted by Gasteiger charge is -2.11. The normalized spacial score (nSPS) is 10.8. The lowest BCUT2D eigenvalue weighted by molar-refractivity contribution is 0.287. The minimum atomic E-state index is 0.365. The van der Waals surface area contributed by atoms with Crippen molar-refractivity contribution in [3.63, 3.8) is 0 Å². The second-order valence-corrected chi connectivity index (χ2v) is 5.35. The first kappa shape index (κ1) is 15.0. The van der Waals surface area contributed by atoms with Gasteiger partial charge in [-0.25, -0.2) is 0 Å². The molecule has 0 bridgehead atoms. The van der Waals surface area contributed by atoms with Crippen molar-refractivity contribution in [2.45, 2.75) is 40.5 Å². The molecule has 2 N–H and O–H groups in total. The van der Waals surface area contributed by atoms with E-state index in [1.54, 1.807) is 0 Å². The first-order valence-electron chi connectivity index (χ1n) is 6.58. The van der Waals surface area contributed by atoms with Crippen LogP contribution < -0.4 is 10.5 Å². The van der Waals surface area contributed by atoms with Gasteiger partial charge < -0.3 is 10.5 Å². The van der Waals surface area contributed by atoms with Gasteiger partial charge in [-0.3, -0.25) is 9.67 Å². The van der Waals surface area contributed by atoms with E-state index in [1.165, 1.54) is 0 Å². The molecule has 0 saturated heterocycles. The van der Waals surface area contributed by atoms with E-state index in [2.05, 4.69) is 32.9 Å². The Hall–Kier alpha value is -1.40. The fourth-order valence-corrected chi connectivity index (χ4v) is 2.43. The fourth-order valence-electron chi connectivity index (χ4n) is 2.03. The number of rotatable bonds is 5. The summed E-state index contributed by atoms with van der Waals surface area (Å²) >= 11 is 3.56. The van der Waals surface area contributed by atoms with Gasteiger partial charge in [-0.1, -0.05) is 0 Å². The highest BCUT2D eigenvalue weighted by atomic mass is 79.9. The number of aryl methyl sites for hydroxylation is 3. The number of pyridine rings is 1. The fraction of sp³-hybridized carbons (Fsp3) is 0.429. The smallest absolute Gasteiger partial charge is 0.142 e. The van der Waals surface area contributed by atoms with Gasteiger partial charge in [-0.05, 0) is 48.8 Å². The van der Waals surface area contributed by atoms with Crippen LogP contribution in [0, 0.1) is 13.8 Å². The summed E-state index contributed by atoms with van der Waals surface area (Å²) in [6.45, 7) is 7.58. The van der Waals surface area contributed by atoms with Crippen molar-refractivity contribution >= 4 is 15.9 Å². The highest BCUT2D eigenvalue weighted by Gasteiger charge is 2.13. The minimum absolute atomic E-state index is 0.365. The van der Waals surface area contributed by atoms with Crippen LogP contribution in [0.2, 0.25) is 0 Å². The lowest BCUT2D eigenvalue weighted by atomic mass is 10.3. The summed E-state index contributed by atoms with van der Waals surface area (Å²) in [5.41, 5.74) is 9.41. The Labute approximate surface area is 127 Å². The average Bonchev–Trinajstić information content (AvgIpc) is 2.72. The summed E-state index contributed by atoms with van der Waals surface area (Å²) in [6, 6.07) is 3.84. The van der Waals surface area contributed by atoms with E-state index in [0.717, 1.165) is 39.5 Å². The van der Waals surface area contributed by atoms with E-state index < -0.39 is 0 Å². The van der Waals surface area contributed by atoms with Gasteiger partial charge in [0.1, 0.15) is 12.4 Å². The Balaban J connectivity index is 2.21. The van der Waals surface area contributed by atoms with Crippen molar-refractivity contribution in [1.29, 1.82) is 0 Å². The Kier molecular flexibility index (Phi) is 4.77. The Bertz CT molecular complexity index is 609. The summed E-state index contributed by atoms with van der Waals surface area (Å²) in [7, 11) is 0. The molecule has 5 nitrogen and oxygen atoms in total. The first-order chi connectivity index (χ1) is 9.56. The maximum Gasteiger partial charge on any atom is 0.142 e. The zero-order valence-electron chi connectivity index (χ0n) is 12.0. The topological polar surface area (TPSA) is 66.0 Å². The van der Waals surface area contributed by atoms with Gasteiger partial charge in [0, 0.05) is 18.8 Å². The Morgan fingerprint density at radius 2 is 2.10 bits per heavy atom. The van der Waals surface area contributed by atoms with Crippen LogP contribution in [-0.2, 0) is 19.7 Å². The van der Waals surface area contributed by atoms with Gasteiger partial charge in [0.15, 0.2) is 0 Å². The van der Waals surface area contributed by atoms with Crippen LogP contribution in [0.3, 0.4) is 0 Å². The molecule has 0 saturated carbocycles. The third-order valence-corrected chi connectivity index (χ3v) is 4.11. The maximum absolute atomic E-state index is 5.87. The van der Waals surface area contributed by atoms with Crippen molar-refractivity contribution < 1.29 is 4.74 Å². The monoisotopic (exact) mass is 338 g/mol. The van der Waals surface area contributed by atoms with Crippen molar-refractivity contribution in [3.8, 4) is 5.75 Å². The van der Waals surface area contributed by atoms with E-state index in [4.69, 9.17) is 10.5 Å². The lowest BCUT2D eigenvalue weighted by Crippen LogP contribution is -2.09. The molecule has 0 atom stereocenters. The van der Waals surface area contributed by atoms with Crippen molar-refractivity contribution in [1.82, 2.24) is 14.8 Å². The zero-order chi connectivity index (χ0) is 14.7. The van der Waals surface area contributed by atoms with Crippen LogP contribution in [0.5, 0.6) is 5.75 Å². The van der Waals surface area contributed by atoms with Gasteiger partial charge in [0.05, 0.1) is 21.6 Å². The first-order valence-corrected chi connectivity index (χ1v) is 7.37. The second-order valence-electron chi connectivity index (χ2n) is 4.55. The van der Waals surface area contributed by atoms with E-state index in [-0.39, 0.29) is 0 Å². The molecular formula is C14H19BrN4O. The number of hydrogen-bond donors (Lipinski definition) is 1. The van der Waals surface area contributed by atoms with Crippen molar-refractivity contribution in [3.05, 3.63) is 39.4 Å². The third kappa shape index (κ3) is 3.02. The van der Waals surface area contributed by atoms with Crippen molar-refractivity contribution in [2.24, 2.45) is 5.73 Å². The van der Waals surface area contributed by atoms with Gasteiger partial charge in [0.2, 0.25) is 0 Å². The van der Waals surface area contributed by atoms with Gasteiger partial charge in [-0.2, -0.15) is 5.10 Å². The van der Waals surface area contributed by atoms with E-state index in [1.807, 2.05) is 30.7 Å². The number of halogens is 1. The molecule has 0 aromatic carbocycles. The van der Waals surface area contributed by atoms with Crippen LogP contribution in [-0.4, -0.2) is 14.8 Å². The molecule has 0 aliphatic carbocycles. The number of nitrogens with two attached hydrogens (primary N) is 1. The quantitative estimate of drug-likeness (QED) is 0.910. The molecule has 0 aliphatic rings. The molecule has 0 radical (unpaired) electrons. The molecule has 0 fully saturated rings. The predicted octanol–water partition coefficient (Wildman–Crippen LogP) is 2.72. The summed E-state index contributed by atoms with van der Waals surface area (Å²) in [6.07, 6.45) is 0. The van der Waals surface area contributed by atoms with Crippen LogP contribution in [0.25, 0.3) is 0 Å². The Morgan fingerprint density at radius 3 is 2.75 bits per heavy atom.